The minimum atomic E-state index is -0.961. The summed E-state index contributed by atoms with van der Waals surface area (Å²) in [6, 6.07) is -0.759. The molecule has 0 bridgehead atoms. The van der Waals surface area contributed by atoms with Crippen molar-refractivity contribution in [2.45, 2.75) is 32.2 Å². The van der Waals surface area contributed by atoms with Crippen LogP contribution in [-0.2, 0) is 14.3 Å². The summed E-state index contributed by atoms with van der Waals surface area (Å²) in [5.74, 6) is -0.919. The first-order valence-corrected chi connectivity index (χ1v) is 5.17. The quantitative estimate of drug-likeness (QED) is 0.711. The maximum atomic E-state index is 10.9. The van der Waals surface area contributed by atoms with Crippen molar-refractivity contribution in [3.05, 3.63) is 0 Å². The number of rotatable bonds is 4. The second kappa shape index (κ2) is 5.70. The molecule has 5 nitrogen and oxygen atoms in total. The van der Waals surface area contributed by atoms with Crippen LogP contribution in [-0.4, -0.2) is 36.2 Å². The molecule has 86 valence electrons. The average molecular weight is 215 g/mol. The van der Waals surface area contributed by atoms with Crippen molar-refractivity contribution in [3.8, 4) is 0 Å². The highest BCUT2D eigenvalue weighted by Gasteiger charge is 2.24. The van der Waals surface area contributed by atoms with Crippen LogP contribution >= 0.6 is 0 Å². The normalized spacial score (nSPS) is 19.5. The molecule has 0 saturated carbocycles. The van der Waals surface area contributed by atoms with Crippen LogP contribution < -0.4 is 5.32 Å². The van der Waals surface area contributed by atoms with Gasteiger partial charge in [-0.3, -0.25) is 4.79 Å². The predicted molar refractivity (Wildman–Crippen MR) is 53.4 cm³/mol. The van der Waals surface area contributed by atoms with Gasteiger partial charge in [0, 0.05) is 20.1 Å². The van der Waals surface area contributed by atoms with Crippen molar-refractivity contribution in [2.24, 2.45) is 5.92 Å². The van der Waals surface area contributed by atoms with Crippen molar-refractivity contribution in [1.82, 2.24) is 5.32 Å². The van der Waals surface area contributed by atoms with Gasteiger partial charge in [0.1, 0.15) is 6.04 Å². The van der Waals surface area contributed by atoms with Crippen LogP contribution in [0.15, 0.2) is 0 Å². The average Bonchev–Trinajstić information content (AvgIpc) is 2.17. The van der Waals surface area contributed by atoms with Gasteiger partial charge in [-0.1, -0.05) is 0 Å². The second-order valence-corrected chi connectivity index (χ2v) is 3.88. The highest BCUT2D eigenvalue weighted by Crippen LogP contribution is 2.20. The van der Waals surface area contributed by atoms with E-state index in [1.807, 2.05) is 0 Å². The Hall–Kier alpha value is -1.10. The number of aliphatic carboxylic acids is 1. The van der Waals surface area contributed by atoms with E-state index < -0.39 is 12.0 Å². The second-order valence-electron chi connectivity index (χ2n) is 3.88. The SMILES string of the molecule is CC(=O)N[C@H](CC1CCOCC1)C(=O)O. The summed E-state index contributed by atoms with van der Waals surface area (Å²) in [5.41, 5.74) is 0. The molecule has 1 rings (SSSR count). The summed E-state index contributed by atoms with van der Waals surface area (Å²) in [6.45, 7) is 2.72. The molecule has 1 fully saturated rings. The molecule has 0 aromatic rings. The number of amides is 1. The van der Waals surface area contributed by atoms with Gasteiger partial charge in [-0.2, -0.15) is 0 Å². The Balaban J connectivity index is 2.42. The van der Waals surface area contributed by atoms with E-state index in [4.69, 9.17) is 9.84 Å². The zero-order valence-corrected chi connectivity index (χ0v) is 8.86. The first-order valence-electron chi connectivity index (χ1n) is 5.17. The van der Waals surface area contributed by atoms with E-state index in [-0.39, 0.29) is 5.91 Å². The van der Waals surface area contributed by atoms with Gasteiger partial charge >= 0.3 is 5.97 Å². The summed E-state index contributed by atoms with van der Waals surface area (Å²) in [7, 11) is 0. The third-order valence-corrected chi connectivity index (χ3v) is 2.59. The van der Waals surface area contributed by atoms with Crippen LogP contribution in [0.2, 0.25) is 0 Å². The summed E-state index contributed by atoms with van der Waals surface area (Å²) < 4.78 is 5.19. The standard InChI is InChI=1S/C10H17NO4/c1-7(12)11-9(10(13)14)6-8-2-4-15-5-3-8/h8-9H,2-6H2,1H3,(H,11,12)(H,13,14)/t9-/m1/s1. The first kappa shape index (κ1) is 12.0. The van der Waals surface area contributed by atoms with E-state index in [1.165, 1.54) is 6.92 Å². The third kappa shape index (κ3) is 4.29. The summed E-state index contributed by atoms with van der Waals surface area (Å²) in [4.78, 5) is 21.7. The van der Waals surface area contributed by atoms with Crippen molar-refractivity contribution >= 4 is 11.9 Å². The molecule has 1 heterocycles. The Labute approximate surface area is 88.8 Å². The van der Waals surface area contributed by atoms with Gasteiger partial charge < -0.3 is 15.2 Å². The van der Waals surface area contributed by atoms with Crippen LogP contribution in [0.1, 0.15) is 26.2 Å². The highest BCUT2D eigenvalue weighted by atomic mass is 16.5. The predicted octanol–water partition coefficient (Wildman–Crippen LogP) is 0.392. The fourth-order valence-electron chi connectivity index (χ4n) is 1.78. The molecule has 0 aromatic carbocycles. The van der Waals surface area contributed by atoms with Gasteiger partial charge in [0.15, 0.2) is 0 Å². The van der Waals surface area contributed by atoms with Gasteiger partial charge in [-0.25, -0.2) is 4.79 Å². The Morgan fingerprint density at radius 3 is 2.53 bits per heavy atom. The zero-order chi connectivity index (χ0) is 11.3. The number of hydrogen-bond acceptors (Lipinski definition) is 3. The Morgan fingerprint density at radius 1 is 1.47 bits per heavy atom. The van der Waals surface area contributed by atoms with Crippen molar-refractivity contribution < 1.29 is 19.4 Å². The summed E-state index contributed by atoms with van der Waals surface area (Å²) in [5, 5.41) is 11.4. The Kier molecular flexibility index (Phi) is 4.55. The maximum Gasteiger partial charge on any atom is 0.326 e. The fraction of sp³-hybridized carbons (Fsp3) is 0.800. The molecule has 1 atom stereocenters. The minimum Gasteiger partial charge on any atom is -0.480 e. The molecular formula is C10H17NO4. The third-order valence-electron chi connectivity index (χ3n) is 2.59. The summed E-state index contributed by atoms with van der Waals surface area (Å²) in [6.07, 6.45) is 2.25. The molecular weight excluding hydrogens is 198 g/mol. The molecule has 5 heteroatoms. The van der Waals surface area contributed by atoms with Crippen molar-refractivity contribution in [2.75, 3.05) is 13.2 Å². The van der Waals surface area contributed by atoms with Crippen molar-refractivity contribution in [1.29, 1.82) is 0 Å². The molecule has 1 saturated heterocycles. The topological polar surface area (TPSA) is 75.6 Å². The molecule has 0 aromatic heterocycles. The lowest BCUT2D eigenvalue weighted by Crippen LogP contribution is -2.41. The van der Waals surface area contributed by atoms with Gasteiger partial charge in [-0.05, 0) is 25.2 Å². The molecule has 1 aliphatic rings. The van der Waals surface area contributed by atoms with E-state index in [0.29, 0.717) is 25.6 Å². The highest BCUT2D eigenvalue weighted by molar-refractivity contribution is 5.82. The van der Waals surface area contributed by atoms with E-state index in [1.54, 1.807) is 0 Å². The lowest BCUT2D eigenvalue weighted by atomic mass is 9.92. The van der Waals surface area contributed by atoms with Crippen LogP contribution in [0.5, 0.6) is 0 Å². The van der Waals surface area contributed by atoms with Gasteiger partial charge in [0.2, 0.25) is 5.91 Å². The molecule has 1 amide bonds. The monoisotopic (exact) mass is 215 g/mol. The fourth-order valence-corrected chi connectivity index (χ4v) is 1.78. The molecule has 2 N–H and O–H groups in total. The van der Waals surface area contributed by atoms with Crippen LogP contribution in [0.25, 0.3) is 0 Å². The van der Waals surface area contributed by atoms with Crippen LogP contribution in [0.3, 0.4) is 0 Å². The zero-order valence-electron chi connectivity index (χ0n) is 8.86. The number of carboxylic acid groups (broad SMARTS) is 1. The molecule has 0 unspecified atom stereocenters. The molecule has 0 aliphatic carbocycles. The van der Waals surface area contributed by atoms with Crippen LogP contribution in [0.4, 0.5) is 0 Å². The molecule has 0 spiro atoms. The van der Waals surface area contributed by atoms with Gasteiger partial charge in [0.25, 0.3) is 0 Å². The van der Waals surface area contributed by atoms with Gasteiger partial charge in [-0.15, -0.1) is 0 Å². The van der Waals surface area contributed by atoms with Crippen LogP contribution in [0, 0.1) is 5.92 Å². The van der Waals surface area contributed by atoms with Gasteiger partial charge in [0.05, 0.1) is 0 Å². The summed E-state index contributed by atoms with van der Waals surface area (Å²) >= 11 is 0. The van der Waals surface area contributed by atoms with E-state index in [9.17, 15) is 9.59 Å². The number of carbonyl (C=O) groups is 2. The Bertz CT molecular complexity index is 236. The largest absolute Gasteiger partial charge is 0.480 e. The molecule has 0 radical (unpaired) electrons. The smallest absolute Gasteiger partial charge is 0.326 e. The van der Waals surface area contributed by atoms with Crippen molar-refractivity contribution in [3.63, 3.8) is 0 Å². The minimum absolute atomic E-state index is 0.297. The number of ether oxygens (including phenoxy) is 1. The van der Waals surface area contributed by atoms with E-state index in [0.717, 1.165) is 12.8 Å². The lowest BCUT2D eigenvalue weighted by molar-refractivity contribution is -0.142. The lowest BCUT2D eigenvalue weighted by Gasteiger charge is -2.24. The van der Waals surface area contributed by atoms with E-state index in [2.05, 4.69) is 5.32 Å². The number of nitrogens with one attached hydrogen (secondary N) is 1. The Morgan fingerprint density at radius 2 is 2.07 bits per heavy atom. The maximum absolute atomic E-state index is 10.9. The number of carboxylic acids is 1. The molecule has 1 aliphatic heterocycles. The molecule has 15 heavy (non-hydrogen) atoms. The first-order chi connectivity index (χ1) is 7.09. The van der Waals surface area contributed by atoms with E-state index >= 15 is 0 Å². The number of hydrogen-bond donors (Lipinski definition) is 2. The number of carbonyl (C=O) groups excluding carboxylic acids is 1.